The van der Waals surface area contributed by atoms with Crippen molar-refractivity contribution in [3.05, 3.63) is 17.0 Å². The van der Waals surface area contributed by atoms with Gasteiger partial charge in [0.15, 0.2) is 5.11 Å². The highest BCUT2D eigenvalue weighted by molar-refractivity contribution is 7.80. The molecule has 0 aliphatic heterocycles. The van der Waals surface area contributed by atoms with Crippen LogP contribution >= 0.6 is 12.2 Å². The van der Waals surface area contributed by atoms with Crippen LogP contribution in [0.15, 0.2) is 4.52 Å². The Morgan fingerprint density at radius 2 is 2.19 bits per heavy atom. The zero-order chi connectivity index (χ0) is 12.0. The fourth-order valence-corrected chi connectivity index (χ4v) is 1.43. The number of aryl methyl sites for hydroxylation is 2. The summed E-state index contributed by atoms with van der Waals surface area (Å²) in [7, 11) is 1.65. The molecule has 6 heteroatoms. The largest absolute Gasteiger partial charge is 0.383 e. The molecule has 0 unspecified atom stereocenters. The fourth-order valence-electron chi connectivity index (χ4n) is 1.25. The third kappa shape index (κ3) is 3.79. The van der Waals surface area contributed by atoms with Crippen LogP contribution in [0.5, 0.6) is 0 Å². The van der Waals surface area contributed by atoms with Crippen LogP contribution in [0, 0.1) is 13.8 Å². The van der Waals surface area contributed by atoms with Gasteiger partial charge in [-0.3, -0.25) is 0 Å². The first-order valence-corrected chi connectivity index (χ1v) is 5.48. The summed E-state index contributed by atoms with van der Waals surface area (Å²) in [6, 6.07) is 0. The highest BCUT2D eigenvalue weighted by Crippen LogP contribution is 2.11. The van der Waals surface area contributed by atoms with Crippen LogP contribution in [0.3, 0.4) is 0 Å². The standard InChI is InChI=1S/C10H17N3O2S/c1-7-9(8(2)15-13-7)6-12-10(16)11-4-5-14-3/h4-6H2,1-3H3,(H2,11,12,16). The number of aromatic nitrogens is 1. The predicted octanol–water partition coefficient (Wildman–Crippen LogP) is 0.902. The Hall–Kier alpha value is -1.14. The van der Waals surface area contributed by atoms with Crippen molar-refractivity contribution in [2.45, 2.75) is 20.4 Å². The molecule has 0 aliphatic rings. The second kappa shape index (κ2) is 6.44. The summed E-state index contributed by atoms with van der Waals surface area (Å²) in [5.74, 6) is 0.824. The minimum Gasteiger partial charge on any atom is -0.383 e. The molecule has 5 nitrogen and oxygen atoms in total. The van der Waals surface area contributed by atoms with Gasteiger partial charge in [-0.1, -0.05) is 5.16 Å². The fraction of sp³-hybridized carbons (Fsp3) is 0.600. The zero-order valence-electron chi connectivity index (χ0n) is 9.79. The maximum Gasteiger partial charge on any atom is 0.166 e. The molecule has 0 saturated heterocycles. The van der Waals surface area contributed by atoms with E-state index < -0.39 is 0 Å². The molecule has 1 aromatic heterocycles. The van der Waals surface area contributed by atoms with E-state index in [9.17, 15) is 0 Å². The van der Waals surface area contributed by atoms with E-state index >= 15 is 0 Å². The summed E-state index contributed by atoms with van der Waals surface area (Å²) in [6.07, 6.45) is 0. The summed E-state index contributed by atoms with van der Waals surface area (Å²) >= 11 is 5.10. The topological polar surface area (TPSA) is 59.3 Å². The first-order valence-electron chi connectivity index (χ1n) is 5.07. The maximum atomic E-state index is 5.10. The first kappa shape index (κ1) is 12.9. The average Bonchev–Trinajstić information content (AvgIpc) is 2.57. The Balaban J connectivity index is 2.32. The molecule has 1 aromatic rings. The van der Waals surface area contributed by atoms with Crippen molar-refractivity contribution < 1.29 is 9.26 Å². The molecule has 0 amide bonds. The molecule has 0 fully saturated rings. The van der Waals surface area contributed by atoms with E-state index in [2.05, 4.69) is 15.8 Å². The molecule has 2 N–H and O–H groups in total. The van der Waals surface area contributed by atoms with Gasteiger partial charge in [0.2, 0.25) is 0 Å². The SMILES string of the molecule is COCCNC(=S)NCc1c(C)noc1C. The first-order chi connectivity index (χ1) is 7.65. The van der Waals surface area contributed by atoms with Crippen LogP contribution in [-0.2, 0) is 11.3 Å². The van der Waals surface area contributed by atoms with Gasteiger partial charge in [-0.05, 0) is 26.1 Å². The highest BCUT2D eigenvalue weighted by atomic mass is 32.1. The highest BCUT2D eigenvalue weighted by Gasteiger charge is 2.08. The number of hydrogen-bond donors (Lipinski definition) is 2. The lowest BCUT2D eigenvalue weighted by molar-refractivity contribution is 0.204. The number of rotatable bonds is 5. The van der Waals surface area contributed by atoms with Crippen LogP contribution in [0.1, 0.15) is 17.0 Å². The Morgan fingerprint density at radius 3 is 2.75 bits per heavy atom. The molecule has 0 aromatic carbocycles. The third-order valence-corrected chi connectivity index (χ3v) is 2.49. The van der Waals surface area contributed by atoms with Crippen molar-refractivity contribution in [2.75, 3.05) is 20.3 Å². The molecule has 0 bridgehead atoms. The third-order valence-electron chi connectivity index (χ3n) is 2.20. The van der Waals surface area contributed by atoms with Crippen LogP contribution in [0.25, 0.3) is 0 Å². The Bertz CT molecular complexity index is 332. The average molecular weight is 243 g/mol. The van der Waals surface area contributed by atoms with Crippen molar-refractivity contribution >= 4 is 17.3 Å². The Labute approximate surface area is 101 Å². The number of nitrogens with zero attached hydrogens (tertiary/aromatic N) is 1. The zero-order valence-corrected chi connectivity index (χ0v) is 10.6. The lowest BCUT2D eigenvalue weighted by atomic mass is 10.2. The Morgan fingerprint density at radius 1 is 1.44 bits per heavy atom. The molecule has 0 saturated carbocycles. The summed E-state index contributed by atoms with van der Waals surface area (Å²) in [4.78, 5) is 0. The molecule has 1 heterocycles. The van der Waals surface area contributed by atoms with Gasteiger partial charge in [0.1, 0.15) is 5.76 Å². The van der Waals surface area contributed by atoms with Gasteiger partial charge in [-0.25, -0.2) is 0 Å². The van der Waals surface area contributed by atoms with E-state index in [0.717, 1.165) is 17.0 Å². The van der Waals surface area contributed by atoms with Crippen molar-refractivity contribution in [3.63, 3.8) is 0 Å². The van der Waals surface area contributed by atoms with Crippen LogP contribution < -0.4 is 10.6 Å². The molecule has 16 heavy (non-hydrogen) atoms. The lowest BCUT2D eigenvalue weighted by Gasteiger charge is -2.09. The quantitative estimate of drug-likeness (QED) is 0.592. The summed E-state index contributed by atoms with van der Waals surface area (Å²) in [6.45, 7) is 5.75. The number of thiocarbonyl (C=S) groups is 1. The van der Waals surface area contributed by atoms with Gasteiger partial charge in [0.05, 0.1) is 12.3 Å². The van der Waals surface area contributed by atoms with E-state index in [1.165, 1.54) is 0 Å². The smallest absolute Gasteiger partial charge is 0.166 e. The minimum absolute atomic E-state index is 0.608. The molecular formula is C10H17N3O2S. The van der Waals surface area contributed by atoms with Gasteiger partial charge in [0, 0.05) is 25.8 Å². The molecule has 0 atom stereocenters. The van der Waals surface area contributed by atoms with Gasteiger partial charge in [0.25, 0.3) is 0 Å². The van der Waals surface area contributed by atoms with E-state index in [0.29, 0.717) is 24.8 Å². The summed E-state index contributed by atoms with van der Waals surface area (Å²) in [5.41, 5.74) is 1.94. The van der Waals surface area contributed by atoms with E-state index in [1.807, 2.05) is 13.8 Å². The van der Waals surface area contributed by atoms with Crippen molar-refractivity contribution in [1.29, 1.82) is 0 Å². The monoisotopic (exact) mass is 243 g/mol. The second-order valence-electron chi connectivity index (χ2n) is 3.40. The molecule has 90 valence electrons. The Kier molecular flexibility index (Phi) is 5.21. The molecular weight excluding hydrogens is 226 g/mol. The van der Waals surface area contributed by atoms with Gasteiger partial charge in [-0.15, -0.1) is 0 Å². The molecule has 0 radical (unpaired) electrons. The van der Waals surface area contributed by atoms with Gasteiger partial charge in [-0.2, -0.15) is 0 Å². The number of hydrogen-bond acceptors (Lipinski definition) is 4. The lowest BCUT2D eigenvalue weighted by Crippen LogP contribution is -2.36. The number of ether oxygens (including phenoxy) is 1. The van der Waals surface area contributed by atoms with E-state index in [1.54, 1.807) is 7.11 Å². The van der Waals surface area contributed by atoms with Crippen molar-refractivity contribution in [3.8, 4) is 0 Å². The number of nitrogens with one attached hydrogen (secondary N) is 2. The summed E-state index contributed by atoms with van der Waals surface area (Å²) in [5, 5.41) is 10.6. The number of methoxy groups -OCH3 is 1. The van der Waals surface area contributed by atoms with Crippen molar-refractivity contribution in [2.24, 2.45) is 0 Å². The maximum absolute atomic E-state index is 5.10. The van der Waals surface area contributed by atoms with Crippen LogP contribution in [0.4, 0.5) is 0 Å². The van der Waals surface area contributed by atoms with Crippen LogP contribution in [0.2, 0.25) is 0 Å². The van der Waals surface area contributed by atoms with E-state index in [4.69, 9.17) is 21.5 Å². The van der Waals surface area contributed by atoms with Gasteiger partial charge >= 0.3 is 0 Å². The van der Waals surface area contributed by atoms with Crippen molar-refractivity contribution in [1.82, 2.24) is 15.8 Å². The molecule has 0 aliphatic carbocycles. The normalized spacial score (nSPS) is 10.2. The molecule has 1 rings (SSSR count). The summed E-state index contributed by atoms with van der Waals surface area (Å²) < 4.78 is 9.96. The van der Waals surface area contributed by atoms with E-state index in [-0.39, 0.29) is 0 Å². The van der Waals surface area contributed by atoms with Gasteiger partial charge < -0.3 is 19.9 Å². The second-order valence-corrected chi connectivity index (χ2v) is 3.81. The minimum atomic E-state index is 0.608. The predicted molar refractivity (Wildman–Crippen MR) is 65.3 cm³/mol. The molecule has 0 spiro atoms. The van der Waals surface area contributed by atoms with Crippen LogP contribution in [-0.4, -0.2) is 30.5 Å².